The van der Waals surface area contributed by atoms with Gasteiger partial charge in [0.2, 0.25) is 10.0 Å². The zero-order valence-electron chi connectivity index (χ0n) is 11.4. The number of H-pyrrole nitrogens is 1. The number of hydrogen-bond donors (Lipinski definition) is 2. The fourth-order valence-electron chi connectivity index (χ4n) is 2.46. The number of benzene rings is 1. The van der Waals surface area contributed by atoms with E-state index < -0.39 is 15.8 Å². The molecule has 112 valence electrons. The maximum Gasteiger partial charge on any atom is 0.240 e. The molecule has 5 nitrogen and oxygen atoms in total. The van der Waals surface area contributed by atoms with Crippen molar-refractivity contribution in [1.29, 1.82) is 0 Å². The molecule has 2 aromatic rings. The third kappa shape index (κ3) is 3.14. The van der Waals surface area contributed by atoms with Gasteiger partial charge < -0.3 is 4.98 Å². The number of hydrogen-bond acceptors (Lipinski definition) is 3. The van der Waals surface area contributed by atoms with Crippen molar-refractivity contribution in [3.8, 4) is 0 Å². The molecule has 3 rings (SSSR count). The zero-order valence-corrected chi connectivity index (χ0v) is 12.2. The lowest BCUT2D eigenvalue weighted by Gasteiger charge is -2.07. The smallest absolute Gasteiger partial charge is 0.240 e. The summed E-state index contributed by atoms with van der Waals surface area (Å²) < 4.78 is 39.5. The standard InChI is InChI=1S/C14H16FN3O2S/c15-10-5-7-11(8-6-10)21(19,20)16-9-14-17-12-3-1-2-4-13(12)18-14/h5-8,16H,1-4,9H2,(H,17,18). The van der Waals surface area contributed by atoms with Crippen LogP contribution in [0.1, 0.15) is 30.1 Å². The molecule has 0 saturated carbocycles. The summed E-state index contributed by atoms with van der Waals surface area (Å²) in [6.07, 6.45) is 4.16. The molecule has 0 saturated heterocycles. The monoisotopic (exact) mass is 309 g/mol. The summed E-state index contributed by atoms with van der Waals surface area (Å²) in [5.74, 6) is 0.153. The Morgan fingerprint density at radius 2 is 1.90 bits per heavy atom. The van der Waals surface area contributed by atoms with Crippen LogP contribution >= 0.6 is 0 Å². The van der Waals surface area contributed by atoms with Crippen molar-refractivity contribution in [2.75, 3.05) is 0 Å². The Bertz CT molecular complexity index is 715. The van der Waals surface area contributed by atoms with E-state index >= 15 is 0 Å². The second-order valence-corrected chi connectivity index (χ2v) is 6.86. The second kappa shape index (κ2) is 5.57. The number of halogens is 1. The minimum atomic E-state index is -3.65. The van der Waals surface area contributed by atoms with Crippen LogP contribution < -0.4 is 4.72 Å². The predicted octanol–water partition coefficient (Wildman–Crippen LogP) is 1.91. The number of sulfonamides is 1. The molecule has 0 aliphatic heterocycles. The maximum atomic E-state index is 12.8. The average molecular weight is 309 g/mol. The first-order valence-corrected chi connectivity index (χ1v) is 8.35. The number of nitrogens with zero attached hydrogens (tertiary/aromatic N) is 1. The van der Waals surface area contributed by atoms with E-state index in [-0.39, 0.29) is 11.4 Å². The molecule has 1 aliphatic rings. The number of aromatic amines is 1. The van der Waals surface area contributed by atoms with Crippen LogP contribution in [0.15, 0.2) is 29.2 Å². The molecule has 1 aromatic heterocycles. The van der Waals surface area contributed by atoms with Crippen LogP contribution in [0.4, 0.5) is 4.39 Å². The van der Waals surface area contributed by atoms with E-state index in [2.05, 4.69) is 14.7 Å². The van der Waals surface area contributed by atoms with Crippen molar-refractivity contribution < 1.29 is 12.8 Å². The van der Waals surface area contributed by atoms with Crippen LogP contribution in [0.5, 0.6) is 0 Å². The summed E-state index contributed by atoms with van der Waals surface area (Å²) in [4.78, 5) is 7.63. The van der Waals surface area contributed by atoms with Gasteiger partial charge >= 0.3 is 0 Å². The highest BCUT2D eigenvalue weighted by molar-refractivity contribution is 7.89. The van der Waals surface area contributed by atoms with E-state index in [0.29, 0.717) is 5.82 Å². The van der Waals surface area contributed by atoms with Gasteiger partial charge in [-0.2, -0.15) is 0 Å². The quantitative estimate of drug-likeness (QED) is 0.906. The van der Waals surface area contributed by atoms with Crippen molar-refractivity contribution in [3.63, 3.8) is 0 Å². The van der Waals surface area contributed by atoms with E-state index in [9.17, 15) is 12.8 Å². The Labute approximate surface area is 122 Å². The highest BCUT2D eigenvalue weighted by atomic mass is 32.2. The van der Waals surface area contributed by atoms with Gasteiger partial charge in [0, 0.05) is 5.69 Å². The first kappa shape index (κ1) is 14.2. The average Bonchev–Trinajstić information content (AvgIpc) is 2.89. The summed E-state index contributed by atoms with van der Waals surface area (Å²) >= 11 is 0. The minimum Gasteiger partial charge on any atom is -0.345 e. The van der Waals surface area contributed by atoms with E-state index in [0.717, 1.165) is 49.2 Å². The summed E-state index contributed by atoms with van der Waals surface area (Å²) in [7, 11) is -3.65. The lowest BCUT2D eigenvalue weighted by molar-refractivity contribution is 0.578. The Hall–Kier alpha value is -1.73. The highest BCUT2D eigenvalue weighted by Gasteiger charge is 2.17. The second-order valence-electron chi connectivity index (χ2n) is 5.09. The molecular weight excluding hydrogens is 293 g/mol. The molecule has 1 heterocycles. The topological polar surface area (TPSA) is 74.8 Å². The molecule has 0 radical (unpaired) electrons. The Morgan fingerprint density at radius 1 is 1.19 bits per heavy atom. The largest absolute Gasteiger partial charge is 0.345 e. The molecule has 2 N–H and O–H groups in total. The molecule has 21 heavy (non-hydrogen) atoms. The van der Waals surface area contributed by atoms with E-state index in [1.807, 2.05) is 0 Å². The summed E-state index contributed by atoms with van der Waals surface area (Å²) in [5, 5.41) is 0. The van der Waals surface area contributed by atoms with Crippen LogP contribution in [-0.4, -0.2) is 18.4 Å². The van der Waals surface area contributed by atoms with Gasteiger partial charge in [-0.3, -0.25) is 0 Å². The van der Waals surface area contributed by atoms with Gasteiger partial charge in [-0.15, -0.1) is 0 Å². The number of imidazole rings is 1. The van der Waals surface area contributed by atoms with Crippen LogP contribution in [-0.2, 0) is 29.4 Å². The molecule has 1 aromatic carbocycles. The third-order valence-electron chi connectivity index (χ3n) is 3.56. The van der Waals surface area contributed by atoms with Crippen molar-refractivity contribution in [3.05, 3.63) is 47.3 Å². The molecular formula is C14H16FN3O2S. The molecule has 1 aliphatic carbocycles. The maximum absolute atomic E-state index is 12.8. The molecule has 0 spiro atoms. The lowest BCUT2D eigenvalue weighted by atomic mass is 10.0. The van der Waals surface area contributed by atoms with Gasteiger partial charge in [-0.1, -0.05) is 0 Å². The van der Waals surface area contributed by atoms with Crippen LogP contribution in [0, 0.1) is 5.82 Å². The van der Waals surface area contributed by atoms with Crippen molar-refractivity contribution in [2.24, 2.45) is 0 Å². The van der Waals surface area contributed by atoms with Crippen LogP contribution in [0.3, 0.4) is 0 Å². The summed E-state index contributed by atoms with van der Waals surface area (Å²) in [5.41, 5.74) is 2.15. The van der Waals surface area contributed by atoms with Crippen molar-refractivity contribution in [1.82, 2.24) is 14.7 Å². The van der Waals surface area contributed by atoms with Gasteiger partial charge in [0.1, 0.15) is 11.6 Å². The number of fused-ring (bicyclic) bond motifs is 1. The first-order valence-electron chi connectivity index (χ1n) is 6.86. The van der Waals surface area contributed by atoms with E-state index in [1.54, 1.807) is 0 Å². The Balaban J connectivity index is 1.71. The SMILES string of the molecule is O=S(=O)(NCc1nc2c([nH]1)CCCC2)c1ccc(F)cc1. The molecule has 7 heteroatoms. The number of nitrogens with one attached hydrogen (secondary N) is 2. The lowest BCUT2D eigenvalue weighted by Crippen LogP contribution is -2.23. The molecule has 0 bridgehead atoms. The van der Waals surface area contributed by atoms with Gasteiger partial charge in [0.15, 0.2) is 0 Å². The molecule has 0 atom stereocenters. The fraction of sp³-hybridized carbons (Fsp3) is 0.357. The number of aromatic nitrogens is 2. The summed E-state index contributed by atoms with van der Waals surface area (Å²) in [6, 6.07) is 4.73. The van der Waals surface area contributed by atoms with E-state index in [4.69, 9.17) is 0 Å². The van der Waals surface area contributed by atoms with Crippen LogP contribution in [0.2, 0.25) is 0 Å². The van der Waals surface area contributed by atoms with Gasteiger partial charge in [0.05, 0.1) is 17.1 Å². The predicted molar refractivity (Wildman–Crippen MR) is 75.7 cm³/mol. The number of aryl methyl sites for hydroxylation is 2. The highest BCUT2D eigenvalue weighted by Crippen LogP contribution is 2.19. The first-order chi connectivity index (χ1) is 10.0. The van der Waals surface area contributed by atoms with Crippen LogP contribution in [0.25, 0.3) is 0 Å². The van der Waals surface area contributed by atoms with Gasteiger partial charge in [-0.05, 0) is 49.9 Å². The van der Waals surface area contributed by atoms with Crippen molar-refractivity contribution in [2.45, 2.75) is 37.1 Å². The van der Waals surface area contributed by atoms with E-state index in [1.165, 1.54) is 12.1 Å². The normalized spacial score (nSPS) is 14.9. The molecule has 0 unspecified atom stereocenters. The Kier molecular flexibility index (Phi) is 3.77. The van der Waals surface area contributed by atoms with Gasteiger partial charge in [-0.25, -0.2) is 22.5 Å². The number of rotatable bonds is 4. The van der Waals surface area contributed by atoms with Gasteiger partial charge in [0.25, 0.3) is 0 Å². The Morgan fingerprint density at radius 3 is 2.62 bits per heavy atom. The fourth-order valence-corrected chi connectivity index (χ4v) is 3.44. The van der Waals surface area contributed by atoms with Crippen molar-refractivity contribution >= 4 is 10.0 Å². The minimum absolute atomic E-state index is 0.0419. The summed E-state index contributed by atoms with van der Waals surface area (Å²) in [6.45, 7) is 0.104. The zero-order chi connectivity index (χ0) is 14.9. The molecule has 0 fully saturated rings. The third-order valence-corrected chi connectivity index (χ3v) is 4.97. The molecule has 0 amide bonds.